The number of ether oxygens (including phenoxy) is 1. The summed E-state index contributed by atoms with van der Waals surface area (Å²) in [5.74, 6) is -0.442. The molecule has 1 heterocycles. The highest BCUT2D eigenvalue weighted by molar-refractivity contribution is 7.87. The standard InChI is InChI=1S/C14H29BN4O6S/c16-12-5-1-2-6-13(12)18-26(23,24)19-8-11(4-3-7-15(21)22)14(17,9-19)25-10-20/h10-13,18,21-22H,1-9,16-17H2/t11-,12+,13?,14+/m0/s1. The zero-order valence-corrected chi connectivity index (χ0v) is 15.6. The van der Waals surface area contributed by atoms with E-state index in [4.69, 9.17) is 26.3 Å². The van der Waals surface area contributed by atoms with E-state index in [1.165, 1.54) is 4.31 Å². The fourth-order valence-electron chi connectivity index (χ4n) is 3.73. The Morgan fingerprint density at radius 2 is 2.04 bits per heavy atom. The van der Waals surface area contributed by atoms with E-state index in [0.717, 1.165) is 19.3 Å². The number of nitrogens with two attached hydrogens (primary N) is 2. The Balaban J connectivity index is 2.04. The highest BCUT2D eigenvalue weighted by atomic mass is 32.2. The van der Waals surface area contributed by atoms with Gasteiger partial charge in [-0.1, -0.05) is 19.3 Å². The van der Waals surface area contributed by atoms with Crippen molar-refractivity contribution in [3.8, 4) is 0 Å². The maximum Gasteiger partial charge on any atom is 0.451 e. The van der Waals surface area contributed by atoms with Crippen molar-refractivity contribution in [1.82, 2.24) is 9.03 Å². The molecule has 0 aromatic carbocycles. The molecule has 1 unspecified atom stereocenters. The number of rotatable bonds is 9. The van der Waals surface area contributed by atoms with Crippen LogP contribution in [0.5, 0.6) is 0 Å². The third-order valence-electron chi connectivity index (χ3n) is 5.28. The van der Waals surface area contributed by atoms with Crippen LogP contribution in [0.25, 0.3) is 0 Å². The quantitative estimate of drug-likeness (QED) is 0.172. The van der Waals surface area contributed by atoms with Crippen LogP contribution in [-0.2, 0) is 19.7 Å². The maximum atomic E-state index is 12.7. The van der Waals surface area contributed by atoms with Crippen LogP contribution in [0.15, 0.2) is 0 Å². The van der Waals surface area contributed by atoms with Gasteiger partial charge in [-0.2, -0.15) is 17.4 Å². The molecule has 1 aliphatic carbocycles. The predicted octanol–water partition coefficient (Wildman–Crippen LogP) is -1.90. The molecule has 0 aromatic heterocycles. The molecule has 2 fully saturated rings. The van der Waals surface area contributed by atoms with Gasteiger partial charge in [0.1, 0.15) is 0 Å². The molecule has 0 bridgehead atoms. The minimum absolute atomic E-state index is 0.0865. The van der Waals surface area contributed by atoms with E-state index >= 15 is 0 Å². The molecule has 2 aliphatic rings. The van der Waals surface area contributed by atoms with Crippen molar-refractivity contribution >= 4 is 23.8 Å². The number of nitrogens with one attached hydrogen (secondary N) is 1. The zero-order valence-electron chi connectivity index (χ0n) is 14.8. The van der Waals surface area contributed by atoms with Crippen LogP contribution in [0, 0.1) is 5.92 Å². The molecule has 1 saturated heterocycles. The smallest absolute Gasteiger partial charge is 0.445 e. The molecule has 0 radical (unpaired) electrons. The van der Waals surface area contributed by atoms with Crippen molar-refractivity contribution in [2.75, 3.05) is 13.1 Å². The molecule has 0 amide bonds. The molecule has 10 nitrogen and oxygen atoms in total. The Morgan fingerprint density at radius 1 is 1.35 bits per heavy atom. The molecule has 0 aromatic rings. The van der Waals surface area contributed by atoms with Crippen LogP contribution in [0.2, 0.25) is 6.32 Å². The summed E-state index contributed by atoms with van der Waals surface area (Å²) < 4.78 is 34.3. The number of hydrogen-bond acceptors (Lipinski definition) is 8. The molecule has 0 spiro atoms. The fourth-order valence-corrected chi connectivity index (χ4v) is 5.30. The predicted molar refractivity (Wildman–Crippen MR) is 95.6 cm³/mol. The summed E-state index contributed by atoms with van der Waals surface area (Å²) in [4.78, 5) is 10.8. The summed E-state index contributed by atoms with van der Waals surface area (Å²) in [5, 5.41) is 17.9. The molecule has 2 rings (SSSR count). The highest BCUT2D eigenvalue weighted by Gasteiger charge is 2.49. The molecule has 4 atom stereocenters. The van der Waals surface area contributed by atoms with E-state index < -0.39 is 29.0 Å². The second-order valence-corrected chi connectivity index (χ2v) is 8.95. The van der Waals surface area contributed by atoms with Gasteiger partial charge < -0.3 is 20.5 Å². The van der Waals surface area contributed by atoms with Gasteiger partial charge in [0, 0.05) is 24.5 Å². The summed E-state index contributed by atoms with van der Waals surface area (Å²) in [6, 6.07) is -0.548. The van der Waals surface area contributed by atoms with Crippen LogP contribution < -0.4 is 16.2 Å². The van der Waals surface area contributed by atoms with E-state index in [1.54, 1.807) is 0 Å². The Kier molecular flexibility index (Phi) is 7.42. The second kappa shape index (κ2) is 8.96. The molecule has 12 heteroatoms. The van der Waals surface area contributed by atoms with Gasteiger partial charge in [-0.05, 0) is 25.6 Å². The average Bonchev–Trinajstić information content (AvgIpc) is 2.87. The van der Waals surface area contributed by atoms with Gasteiger partial charge in [0.2, 0.25) is 0 Å². The summed E-state index contributed by atoms with van der Waals surface area (Å²) in [6.45, 7) is 0.146. The molecule has 26 heavy (non-hydrogen) atoms. The zero-order chi connectivity index (χ0) is 19.4. The fraction of sp³-hybridized carbons (Fsp3) is 0.929. The maximum absolute atomic E-state index is 12.7. The lowest BCUT2D eigenvalue weighted by Gasteiger charge is -2.31. The third kappa shape index (κ3) is 5.38. The summed E-state index contributed by atoms with van der Waals surface area (Å²) >= 11 is 0. The van der Waals surface area contributed by atoms with Crippen molar-refractivity contribution in [1.29, 1.82) is 0 Å². The minimum Gasteiger partial charge on any atom is -0.445 e. The van der Waals surface area contributed by atoms with E-state index in [2.05, 4.69) is 4.72 Å². The molecular formula is C14H29BN4O6S. The number of carbonyl (C=O) groups is 1. The third-order valence-corrected chi connectivity index (χ3v) is 6.84. The largest absolute Gasteiger partial charge is 0.451 e. The van der Waals surface area contributed by atoms with E-state index in [0.29, 0.717) is 19.3 Å². The van der Waals surface area contributed by atoms with E-state index in [9.17, 15) is 13.2 Å². The van der Waals surface area contributed by atoms with Crippen molar-refractivity contribution < 1.29 is 28.0 Å². The summed E-state index contributed by atoms with van der Waals surface area (Å²) in [7, 11) is -5.27. The molecular weight excluding hydrogens is 363 g/mol. The molecule has 7 N–H and O–H groups in total. The van der Waals surface area contributed by atoms with E-state index in [1.807, 2.05) is 0 Å². The normalized spacial score (nSPS) is 33.2. The van der Waals surface area contributed by atoms with E-state index in [-0.39, 0.29) is 38.0 Å². The number of hydrogen-bond donors (Lipinski definition) is 5. The Labute approximate surface area is 154 Å². The lowest BCUT2D eigenvalue weighted by atomic mass is 9.81. The van der Waals surface area contributed by atoms with Gasteiger partial charge in [0.25, 0.3) is 16.7 Å². The first-order chi connectivity index (χ1) is 12.2. The summed E-state index contributed by atoms with van der Waals surface area (Å²) in [5.41, 5.74) is 10.7. The lowest BCUT2D eigenvalue weighted by molar-refractivity contribution is -0.145. The van der Waals surface area contributed by atoms with Crippen LogP contribution in [0.1, 0.15) is 38.5 Å². The van der Waals surface area contributed by atoms with Gasteiger partial charge >= 0.3 is 7.12 Å². The molecule has 1 saturated carbocycles. The summed E-state index contributed by atoms with van der Waals surface area (Å²) in [6.07, 6.45) is 4.31. The van der Waals surface area contributed by atoms with Crippen LogP contribution >= 0.6 is 0 Å². The van der Waals surface area contributed by atoms with Crippen LogP contribution in [-0.4, -0.2) is 67.3 Å². The Bertz CT molecular complexity index is 580. The second-order valence-electron chi connectivity index (χ2n) is 7.25. The first-order valence-electron chi connectivity index (χ1n) is 8.97. The van der Waals surface area contributed by atoms with Crippen molar-refractivity contribution in [2.45, 2.75) is 62.7 Å². The monoisotopic (exact) mass is 392 g/mol. The first-order valence-corrected chi connectivity index (χ1v) is 10.4. The van der Waals surface area contributed by atoms with Gasteiger partial charge in [-0.25, -0.2) is 0 Å². The highest BCUT2D eigenvalue weighted by Crippen LogP contribution is 2.32. The van der Waals surface area contributed by atoms with Crippen molar-refractivity contribution in [3.63, 3.8) is 0 Å². The SMILES string of the molecule is N[C@@H]1CCCCC1NS(=O)(=O)N1C[C@H](CCCB(O)O)[C@](N)(OC=O)C1. The average molecular weight is 392 g/mol. The van der Waals surface area contributed by atoms with Crippen molar-refractivity contribution in [2.24, 2.45) is 17.4 Å². The lowest BCUT2D eigenvalue weighted by Crippen LogP contribution is -2.54. The minimum atomic E-state index is -3.83. The van der Waals surface area contributed by atoms with Gasteiger partial charge in [0.15, 0.2) is 5.72 Å². The van der Waals surface area contributed by atoms with Gasteiger partial charge in [-0.15, -0.1) is 0 Å². The number of nitrogens with zero attached hydrogens (tertiary/aromatic N) is 1. The molecule has 1 aliphatic heterocycles. The van der Waals surface area contributed by atoms with Crippen LogP contribution in [0.3, 0.4) is 0 Å². The topological polar surface area (TPSA) is 168 Å². The Hall–Kier alpha value is -0.755. The van der Waals surface area contributed by atoms with Crippen molar-refractivity contribution in [3.05, 3.63) is 0 Å². The van der Waals surface area contributed by atoms with Gasteiger partial charge in [-0.3, -0.25) is 10.5 Å². The Morgan fingerprint density at radius 3 is 2.65 bits per heavy atom. The van der Waals surface area contributed by atoms with Gasteiger partial charge in [0.05, 0.1) is 6.54 Å². The first kappa shape index (κ1) is 21.5. The molecule has 150 valence electrons. The van der Waals surface area contributed by atoms with Crippen LogP contribution in [0.4, 0.5) is 0 Å². The number of carbonyl (C=O) groups excluding carboxylic acids is 1.